The molecule has 2 aromatic rings. The van der Waals surface area contributed by atoms with Gasteiger partial charge in [0, 0.05) is 0 Å². The Balaban J connectivity index is 2.25. The van der Waals surface area contributed by atoms with Gasteiger partial charge in [0.2, 0.25) is 0 Å². The number of nitrogens with one attached hydrogen (secondary N) is 1. The maximum absolute atomic E-state index is 11.9. The number of furan rings is 1. The second-order valence-corrected chi connectivity index (χ2v) is 5.41. The fourth-order valence-corrected chi connectivity index (χ4v) is 2.48. The van der Waals surface area contributed by atoms with Crippen LogP contribution >= 0.6 is 0 Å². The van der Waals surface area contributed by atoms with Gasteiger partial charge in [-0.3, -0.25) is 4.79 Å². The van der Waals surface area contributed by atoms with E-state index in [1.54, 1.807) is 19.1 Å². The number of hydrogen-bond acceptors (Lipinski definition) is 4. The first-order valence-corrected chi connectivity index (χ1v) is 6.65. The number of carbonyl (C=O) groups excluding carboxylic acids is 1. The van der Waals surface area contributed by atoms with E-state index in [2.05, 4.69) is 0 Å². The zero-order chi connectivity index (χ0) is 13.2. The Morgan fingerprint density at radius 3 is 2.61 bits per heavy atom. The monoisotopic (exact) mass is 265 g/mol. The van der Waals surface area contributed by atoms with E-state index in [4.69, 9.17) is 4.42 Å². The number of sulfonamides is 1. The predicted octanol–water partition coefficient (Wildman–Crippen LogP) is 1.71. The molecule has 0 fully saturated rings. The standard InChI is InChI=1S/C12H11NO4S/c1-9-4-2-5-10(8-9)18(15,16)13-12(14)11-6-3-7-17-11/h2-8H,1H3,(H,13,14). The summed E-state index contributed by atoms with van der Waals surface area (Å²) in [6.45, 7) is 1.77. The van der Waals surface area contributed by atoms with Gasteiger partial charge >= 0.3 is 5.91 Å². The number of benzene rings is 1. The first-order chi connectivity index (χ1) is 8.49. The molecule has 0 atom stereocenters. The summed E-state index contributed by atoms with van der Waals surface area (Å²) in [5, 5.41) is 0. The fourth-order valence-electron chi connectivity index (χ4n) is 1.42. The molecule has 0 radical (unpaired) electrons. The molecule has 6 heteroatoms. The number of amides is 1. The zero-order valence-corrected chi connectivity index (χ0v) is 10.4. The molecule has 0 aliphatic carbocycles. The first-order valence-electron chi connectivity index (χ1n) is 5.16. The fraction of sp³-hybridized carbons (Fsp3) is 0.0833. The number of carbonyl (C=O) groups is 1. The lowest BCUT2D eigenvalue weighted by molar-refractivity contribution is 0.0954. The van der Waals surface area contributed by atoms with E-state index in [0.29, 0.717) is 0 Å². The molecule has 1 N–H and O–H groups in total. The summed E-state index contributed by atoms with van der Waals surface area (Å²) in [6.07, 6.45) is 1.30. The van der Waals surface area contributed by atoms with Crippen LogP contribution in [-0.2, 0) is 10.0 Å². The van der Waals surface area contributed by atoms with Gasteiger partial charge in [-0.15, -0.1) is 0 Å². The second-order valence-electron chi connectivity index (χ2n) is 3.73. The Labute approximate surface area is 104 Å². The summed E-state index contributed by atoms with van der Waals surface area (Å²) in [4.78, 5) is 11.6. The summed E-state index contributed by atoms with van der Waals surface area (Å²) < 4.78 is 30.6. The molecule has 0 aliphatic heterocycles. The van der Waals surface area contributed by atoms with Gasteiger partial charge in [-0.25, -0.2) is 13.1 Å². The molecule has 0 saturated carbocycles. The van der Waals surface area contributed by atoms with E-state index in [1.807, 2.05) is 4.72 Å². The van der Waals surface area contributed by atoms with Gasteiger partial charge in [-0.05, 0) is 36.8 Å². The Bertz CT molecular complexity index is 659. The summed E-state index contributed by atoms with van der Waals surface area (Å²) in [6, 6.07) is 9.19. The van der Waals surface area contributed by atoms with Crippen LogP contribution < -0.4 is 4.72 Å². The predicted molar refractivity (Wildman–Crippen MR) is 64.5 cm³/mol. The van der Waals surface area contributed by atoms with Crippen molar-refractivity contribution in [2.75, 3.05) is 0 Å². The molecule has 0 aliphatic rings. The Morgan fingerprint density at radius 1 is 1.22 bits per heavy atom. The van der Waals surface area contributed by atoms with Crippen molar-refractivity contribution in [2.45, 2.75) is 11.8 Å². The summed E-state index contributed by atoms with van der Waals surface area (Å²) >= 11 is 0. The van der Waals surface area contributed by atoms with Gasteiger partial charge in [-0.1, -0.05) is 12.1 Å². The van der Waals surface area contributed by atoms with Crippen molar-refractivity contribution in [3.63, 3.8) is 0 Å². The average molecular weight is 265 g/mol. The minimum atomic E-state index is -3.87. The van der Waals surface area contributed by atoms with Gasteiger partial charge in [0.1, 0.15) is 0 Å². The largest absolute Gasteiger partial charge is 0.459 e. The molecule has 0 spiro atoms. The third-order valence-corrected chi connectivity index (χ3v) is 3.60. The number of hydrogen-bond donors (Lipinski definition) is 1. The smallest absolute Gasteiger partial charge is 0.300 e. The van der Waals surface area contributed by atoms with Gasteiger partial charge in [0.05, 0.1) is 11.2 Å². The van der Waals surface area contributed by atoms with Crippen LogP contribution in [-0.4, -0.2) is 14.3 Å². The Kier molecular flexibility index (Phi) is 3.20. The molecular formula is C12H11NO4S. The highest BCUT2D eigenvalue weighted by atomic mass is 32.2. The van der Waals surface area contributed by atoms with Crippen molar-refractivity contribution in [3.05, 3.63) is 54.0 Å². The summed E-state index contributed by atoms with van der Waals surface area (Å²) in [5.41, 5.74) is 0.795. The van der Waals surface area contributed by atoms with Crippen molar-refractivity contribution >= 4 is 15.9 Å². The van der Waals surface area contributed by atoms with Crippen LogP contribution in [0.5, 0.6) is 0 Å². The summed E-state index contributed by atoms with van der Waals surface area (Å²) in [7, 11) is -3.87. The van der Waals surface area contributed by atoms with Crippen LogP contribution in [0.3, 0.4) is 0 Å². The van der Waals surface area contributed by atoms with E-state index in [1.165, 1.54) is 30.5 Å². The maximum atomic E-state index is 11.9. The molecule has 0 bridgehead atoms. The SMILES string of the molecule is Cc1cccc(S(=O)(=O)NC(=O)c2ccco2)c1. The van der Waals surface area contributed by atoms with Crippen LogP contribution in [0.1, 0.15) is 16.1 Å². The van der Waals surface area contributed by atoms with Gasteiger partial charge < -0.3 is 4.42 Å². The van der Waals surface area contributed by atoms with Crippen molar-refractivity contribution in [2.24, 2.45) is 0 Å². The summed E-state index contributed by atoms with van der Waals surface area (Å²) in [5.74, 6) is -0.840. The molecule has 18 heavy (non-hydrogen) atoms. The minimum Gasteiger partial charge on any atom is -0.459 e. The second kappa shape index (κ2) is 4.66. The molecule has 1 amide bonds. The third-order valence-electron chi connectivity index (χ3n) is 2.27. The third kappa shape index (κ3) is 2.60. The Morgan fingerprint density at radius 2 is 2.00 bits per heavy atom. The maximum Gasteiger partial charge on any atom is 0.300 e. The lowest BCUT2D eigenvalue weighted by atomic mass is 10.2. The quantitative estimate of drug-likeness (QED) is 0.916. The normalized spacial score (nSPS) is 11.2. The molecule has 1 aromatic carbocycles. The van der Waals surface area contributed by atoms with E-state index in [0.717, 1.165) is 5.56 Å². The molecule has 94 valence electrons. The highest BCUT2D eigenvalue weighted by Gasteiger charge is 2.19. The van der Waals surface area contributed by atoms with Gasteiger partial charge in [-0.2, -0.15) is 0 Å². The van der Waals surface area contributed by atoms with Gasteiger partial charge in [0.15, 0.2) is 5.76 Å². The van der Waals surface area contributed by atoms with Crippen molar-refractivity contribution in [3.8, 4) is 0 Å². The molecule has 1 aromatic heterocycles. The number of aryl methyl sites for hydroxylation is 1. The van der Waals surface area contributed by atoms with Crippen LogP contribution in [0.15, 0.2) is 52.0 Å². The molecule has 2 rings (SSSR count). The van der Waals surface area contributed by atoms with E-state index < -0.39 is 15.9 Å². The van der Waals surface area contributed by atoms with Crippen molar-refractivity contribution in [1.29, 1.82) is 0 Å². The lowest BCUT2D eigenvalue weighted by Gasteiger charge is -2.05. The molecule has 0 saturated heterocycles. The highest BCUT2D eigenvalue weighted by molar-refractivity contribution is 7.90. The highest BCUT2D eigenvalue weighted by Crippen LogP contribution is 2.11. The van der Waals surface area contributed by atoms with E-state index >= 15 is 0 Å². The van der Waals surface area contributed by atoms with Crippen LogP contribution in [0, 0.1) is 6.92 Å². The van der Waals surface area contributed by atoms with Crippen LogP contribution in [0.4, 0.5) is 0 Å². The van der Waals surface area contributed by atoms with E-state index in [9.17, 15) is 13.2 Å². The average Bonchev–Trinajstić information content (AvgIpc) is 2.82. The van der Waals surface area contributed by atoms with Crippen LogP contribution in [0.25, 0.3) is 0 Å². The first kappa shape index (κ1) is 12.4. The zero-order valence-electron chi connectivity index (χ0n) is 9.58. The minimum absolute atomic E-state index is 0.0439. The Hall–Kier alpha value is -2.08. The van der Waals surface area contributed by atoms with Crippen LogP contribution in [0.2, 0.25) is 0 Å². The lowest BCUT2D eigenvalue weighted by Crippen LogP contribution is -2.30. The molecular weight excluding hydrogens is 254 g/mol. The van der Waals surface area contributed by atoms with Crippen molar-refractivity contribution in [1.82, 2.24) is 4.72 Å². The molecule has 1 heterocycles. The topological polar surface area (TPSA) is 76.4 Å². The van der Waals surface area contributed by atoms with E-state index in [-0.39, 0.29) is 10.7 Å². The number of rotatable bonds is 3. The molecule has 0 unspecified atom stereocenters. The van der Waals surface area contributed by atoms with Gasteiger partial charge in [0.25, 0.3) is 10.0 Å². The van der Waals surface area contributed by atoms with Crippen molar-refractivity contribution < 1.29 is 17.6 Å². The molecule has 5 nitrogen and oxygen atoms in total.